The molecule has 1 aliphatic heterocycles. The van der Waals surface area contributed by atoms with Crippen LogP contribution in [-0.4, -0.2) is 30.3 Å². The Bertz CT molecular complexity index is 540. The molecule has 0 bridgehead atoms. The largest absolute Gasteiger partial charge is 0.505 e. The molecule has 1 atom stereocenters. The van der Waals surface area contributed by atoms with Gasteiger partial charge in [0.1, 0.15) is 0 Å². The SMILES string of the molecule is O=S(=O)(c1ncccc1O)C1CCC/C=C\NC1. The molecule has 6 heteroatoms. The van der Waals surface area contributed by atoms with Crippen LogP contribution in [0.4, 0.5) is 0 Å². The Kier molecular flexibility index (Phi) is 3.86. The summed E-state index contributed by atoms with van der Waals surface area (Å²) in [6, 6.07) is 2.85. The van der Waals surface area contributed by atoms with Crippen molar-refractivity contribution >= 4 is 9.84 Å². The fraction of sp³-hybridized carbons (Fsp3) is 0.417. The normalized spacial score (nSPS) is 22.6. The van der Waals surface area contributed by atoms with Crippen molar-refractivity contribution in [2.45, 2.75) is 29.5 Å². The first-order chi connectivity index (χ1) is 8.62. The summed E-state index contributed by atoms with van der Waals surface area (Å²) in [4.78, 5) is 3.80. The molecular weight excluding hydrogens is 252 g/mol. The van der Waals surface area contributed by atoms with Gasteiger partial charge in [-0.25, -0.2) is 13.4 Å². The maximum Gasteiger partial charge on any atom is 0.203 e. The van der Waals surface area contributed by atoms with Gasteiger partial charge in [0.15, 0.2) is 10.8 Å². The molecule has 18 heavy (non-hydrogen) atoms. The number of hydrogen-bond donors (Lipinski definition) is 2. The summed E-state index contributed by atoms with van der Waals surface area (Å²) < 4.78 is 24.8. The molecule has 2 heterocycles. The molecule has 2 N–H and O–H groups in total. The lowest BCUT2D eigenvalue weighted by Gasteiger charge is -2.18. The molecule has 0 aromatic carbocycles. The van der Waals surface area contributed by atoms with Crippen LogP contribution in [0.1, 0.15) is 19.3 Å². The van der Waals surface area contributed by atoms with Gasteiger partial charge in [0.05, 0.1) is 5.25 Å². The highest BCUT2D eigenvalue weighted by molar-refractivity contribution is 7.92. The average molecular weight is 268 g/mol. The molecule has 1 aromatic heterocycles. The topological polar surface area (TPSA) is 79.3 Å². The first-order valence-corrected chi connectivity index (χ1v) is 7.43. The van der Waals surface area contributed by atoms with Crippen molar-refractivity contribution in [2.75, 3.05) is 6.54 Å². The molecule has 0 fully saturated rings. The van der Waals surface area contributed by atoms with Gasteiger partial charge >= 0.3 is 0 Å². The number of allylic oxidation sites excluding steroid dienone is 1. The number of sulfone groups is 1. The summed E-state index contributed by atoms with van der Waals surface area (Å²) in [6.07, 6.45) is 7.38. The second kappa shape index (κ2) is 5.39. The zero-order chi connectivity index (χ0) is 13.0. The van der Waals surface area contributed by atoms with Crippen LogP contribution in [0.3, 0.4) is 0 Å². The van der Waals surface area contributed by atoms with Gasteiger partial charge in [-0.05, 0) is 37.6 Å². The highest BCUT2D eigenvalue weighted by atomic mass is 32.2. The van der Waals surface area contributed by atoms with E-state index < -0.39 is 15.1 Å². The van der Waals surface area contributed by atoms with Crippen molar-refractivity contribution < 1.29 is 13.5 Å². The second-order valence-electron chi connectivity index (χ2n) is 4.24. The second-order valence-corrected chi connectivity index (χ2v) is 6.38. The Morgan fingerprint density at radius 3 is 3.06 bits per heavy atom. The number of aromatic nitrogens is 1. The Morgan fingerprint density at radius 2 is 2.28 bits per heavy atom. The average Bonchev–Trinajstić information content (AvgIpc) is 2.28. The van der Waals surface area contributed by atoms with Gasteiger partial charge in [-0.3, -0.25) is 0 Å². The third kappa shape index (κ3) is 2.64. The van der Waals surface area contributed by atoms with Gasteiger partial charge in [-0.1, -0.05) is 6.08 Å². The predicted octanol–water partition coefficient (Wildman–Crippen LogP) is 1.22. The summed E-state index contributed by atoms with van der Waals surface area (Å²) >= 11 is 0. The van der Waals surface area contributed by atoms with Crippen molar-refractivity contribution in [1.29, 1.82) is 0 Å². The molecule has 0 aliphatic carbocycles. The molecular formula is C12H16N2O3S. The van der Waals surface area contributed by atoms with E-state index in [-0.39, 0.29) is 10.8 Å². The number of nitrogens with one attached hydrogen (secondary N) is 1. The van der Waals surface area contributed by atoms with Crippen LogP contribution in [0.25, 0.3) is 0 Å². The Balaban J connectivity index is 2.30. The van der Waals surface area contributed by atoms with E-state index in [0.29, 0.717) is 13.0 Å². The van der Waals surface area contributed by atoms with Gasteiger partial charge in [-0.15, -0.1) is 0 Å². The molecule has 1 aliphatic rings. The van der Waals surface area contributed by atoms with Crippen molar-refractivity contribution in [3.05, 3.63) is 30.6 Å². The standard InChI is InChI=1S/C12H16N2O3S/c15-11-6-4-8-14-12(11)18(16,17)10-5-2-1-3-7-13-9-10/h3-4,6-8,10,13,15H,1-2,5,9H2/b7-3-. The van der Waals surface area contributed by atoms with Crippen LogP contribution >= 0.6 is 0 Å². The summed E-state index contributed by atoms with van der Waals surface area (Å²) in [6.45, 7) is 0.342. The molecule has 0 saturated carbocycles. The van der Waals surface area contributed by atoms with E-state index in [0.717, 1.165) is 12.8 Å². The van der Waals surface area contributed by atoms with E-state index in [2.05, 4.69) is 10.3 Å². The molecule has 5 nitrogen and oxygen atoms in total. The Labute approximate surface area is 106 Å². The Morgan fingerprint density at radius 1 is 1.44 bits per heavy atom. The number of rotatable bonds is 2. The third-order valence-corrected chi connectivity index (χ3v) is 5.07. The third-order valence-electron chi connectivity index (χ3n) is 2.94. The van der Waals surface area contributed by atoms with E-state index in [4.69, 9.17) is 0 Å². The number of pyridine rings is 1. The number of nitrogens with zero attached hydrogens (tertiary/aromatic N) is 1. The van der Waals surface area contributed by atoms with Gasteiger partial charge < -0.3 is 10.4 Å². The maximum atomic E-state index is 12.4. The molecule has 0 radical (unpaired) electrons. The van der Waals surface area contributed by atoms with E-state index in [1.165, 1.54) is 18.3 Å². The fourth-order valence-corrected chi connectivity index (χ4v) is 3.63. The summed E-state index contributed by atoms with van der Waals surface area (Å²) in [7, 11) is -3.59. The van der Waals surface area contributed by atoms with Crippen LogP contribution < -0.4 is 5.32 Å². The van der Waals surface area contributed by atoms with Crippen molar-refractivity contribution in [3.8, 4) is 5.75 Å². The van der Waals surface area contributed by atoms with Gasteiger partial charge in [0.2, 0.25) is 9.84 Å². The van der Waals surface area contributed by atoms with E-state index in [1.54, 1.807) is 6.20 Å². The van der Waals surface area contributed by atoms with Gasteiger partial charge in [0, 0.05) is 12.7 Å². The van der Waals surface area contributed by atoms with Crippen molar-refractivity contribution in [3.63, 3.8) is 0 Å². The van der Waals surface area contributed by atoms with Crippen LogP contribution in [0, 0.1) is 0 Å². The molecule has 0 saturated heterocycles. The van der Waals surface area contributed by atoms with Gasteiger partial charge in [0.25, 0.3) is 0 Å². The lowest BCUT2D eigenvalue weighted by Crippen LogP contribution is -2.32. The zero-order valence-electron chi connectivity index (χ0n) is 9.91. The first kappa shape index (κ1) is 12.9. The Hall–Kier alpha value is -1.56. The fourth-order valence-electron chi connectivity index (χ4n) is 1.96. The van der Waals surface area contributed by atoms with Crippen LogP contribution in [0.2, 0.25) is 0 Å². The lowest BCUT2D eigenvalue weighted by atomic mass is 10.1. The van der Waals surface area contributed by atoms with Crippen LogP contribution in [0.15, 0.2) is 35.6 Å². The monoisotopic (exact) mass is 268 g/mol. The van der Waals surface area contributed by atoms with Crippen LogP contribution in [0.5, 0.6) is 5.75 Å². The number of hydrogen-bond acceptors (Lipinski definition) is 5. The number of aromatic hydroxyl groups is 1. The molecule has 1 aromatic rings. The highest BCUT2D eigenvalue weighted by Crippen LogP contribution is 2.25. The minimum atomic E-state index is -3.59. The molecule has 98 valence electrons. The highest BCUT2D eigenvalue weighted by Gasteiger charge is 2.30. The quantitative estimate of drug-likeness (QED) is 0.843. The molecule has 0 spiro atoms. The van der Waals surface area contributed by atoms with Crippen LogP contribution in [-0.2, 0) is 9.84 Å². The molecule has 2 rings (SSSR count). The van der Waals surface area contributed by atoms with Crippen molar-refractivity contribution in [1.82, 2.24) is 10.3 Å². The minimum absolute atomic E-state index is 0.221. The van der Waals surface area contributed by atoms with Gasteiger partial charge in [-0.2, -0.15) is 0 Å². The summed E-state index contributed by atoms with van der Waals surface area (Å²) in [5.74, 6) is -0.282. The smallest absolute Gasteiger partial charge is 0.203 e. The summed E-state index contributed by atoms with van der Waals surface area (Å²) in [5.41, 5.74) is 0. The molecule has 0 amide bonds. The van der Waals surface area contributed by atoms with E-state index in [1.807, 2.05) is 6.08 Å². The first-order valence-electron chi connectivity index (χ1n) is 5.88. The lowest BCUT2D eigenvalue weighted by molar-refractivity contribution is 0.450. The molecule has 1 unspecified atom stereocenters. The van der Waals surface area contributed by atoms with E-state index in [9.17, 15) is 13.5 Å². The van der Waals surface area contributed by atoms with E-state index >= 15 is 0 Å². The maximum absolute atomic E-state index is 12.4. The van der Waals surface area contributed by atoms with Crippen molar-refractivity contribution in [2.24, 2.45) is 0 Å². The predicted molar refractivity (Wildman–Crippen MR) is 67.9 cm³/mol. The summed E-state index contributed by atoms with van der Waals surface area (Å²) in [5, 5.41) is 11.8. The zero-order valence-corrected chi connectivity index (χ0v) is 10.7. The minimum Gasteiger partial charge on any atom is -0.505 e.